The third-order valence-electron chi connectivity index (χ3n) is 4.42. The van der Waals surface area contributed by atoms with Gasteiger partial charge in [-0.25, -0.2) is 4.79 Å². The van der Waals surface area contributed by atoms with Crippen LogP contribution in [0.4, 0.5) is 8.78 Å². The molecule has 0 fully saturated rings. The first-order valence-electron chi connectivity index (χ1n) is 11.6. The molecular weight excluding hydrogens is 466 g/mol. The summed E-state index contributed by atoms with van der Waals surface area (Å²) >= 11 is 0. The van der Waals surface area contributed by atoms with E-state index in [1.165, 1.54) is 13.0 Å². The van der Waals surface area contributed by atoms with Crippen LogP contribution < -0.4 is 11.2 Å². The number of aliphatic imine (C=N–C) groups is 1. The van der Waals surface area contributed by atoms with Crippen molar-refractivity contribution in [2.45, 2.75) is 68.4 Å². The number of aromatic nitrogens is 2. The summed E-state index contributed by atoms with van der Waals surface area (Å²) in [6, 6.07) is 1.98. The number of allylic oxidation sites excluding steroid dienone is 8. The first kappa shape index (κ1) is 34.2. The summed E-state index contributed by atoms with van der Waals surface area (Å²) in [5.74, 6) is -1.83. The van der Waals surface area contributed by atoms with Crippen LogP contribution in [0.25, 0.3) is 0 Å². The highest BCUT2D eigenvalue weighted by molar-refractivity contribution is 6.08. The van der Waals surface area contributed by atoms with Crippen molar-refractivity contribution in [3.8, 4) is 6.07 Å². The van der Waals surface area contributed by atoms with Gasteiger partial charge in [0, 0.05) is 5.56 Å². The lowest BCUT2D eigenvalue weighted by molar-refractivity contribution is 0.102. The second kappa shape index (κ2) is 18.4. The quantitative estimate of drug-likeness (QED) is 0.111. The van der Waals surface area contributed by atoms with Gasteiger partial charge >= 0.3 is 5.69 Å². The van der Waals surface area contributed by atoms with Gasteiger partial charge in [-0.3, -0.25) is 19.1 Å². The molecule has 36 heavy (non-hydrogen) atoms. The average Bonchev–Trinajstić information content (AvgIpc) is 2.86. The molecule has 0 saturated heterocycles. The van der Waals surface area contributed by atoms with Gasteiger partial charge in [0.1, 0.15) is 5.69 Å². The van der Waals surface area contributed by atoms with E-state index in [4.69, 9.17) is 0 Å². The van der Waals surface area contributed by atoms with Gasteiger partial charge in [0.05, 0.1) is 18.2 Å². The summed E-state index contributed by atoms with van der Waals surface area (Å²) in [5, 5.41) is 9.36. The third kappa shape index (κ3) is 10.6. The minimum Gasteiger partial charge on any atom is -0.287 e. The molecule has 1 aromatic rings. The number of hydrogen-bond donors (Lipinski definition) is 1. The number of nitrogens with one attached hydrogen (secondary N) is 1. The van der Waals surface area contributed by atoms with Crippen molar-refractivity contribution >= 4 is 12.3 Å². The molecule has 1 heterocycles. The minimum atomic E-state index is -1.18. The zero-order chi connectivity index (χ0) is 28.4. The number of carbonyl (C=O) groups is 1. The summed E-state index contributed by atoms with van der Waals surface area (Å²) < 4.78 is 26.5. The highest BCUT2D eigenvalue weighted by Crippen LogP contribution is 2.15. The number of Topliss-reactive ketones (excluding diaryl/α,β-unsaturated/α-hetero) is 1. The predicted octanol–water partition coefficient (Wildman–Crippen LogP) is 6.06. The number of H-pyrrole nitrogens is 1. The number of hydrogen-bond acceptors (Lipinski definition) is 5. The Balaban J connectivity index is 0. The topological polar surface area (TPSA) is 108 Å². The van der Waals surface area contributed by atoms with Gasteiger partial charge in [0.2, 0.25) is 11.7 Å². The van der Waals surface area contributed by atoms with Crippen molar-refractivity contribution in [2.75, 3.05) is 0 Å². The largest absolute Gasteiger partial charge is 0.329 e. The van der Waals surface area contributed by atoms with Crippen LogP contribution in [-0.4, -0.2) is 21.8 Å². The Morgan fingerprint density at radius 2 is 1.75 bits per heavy atom. The SMILES string of the molecule is C=C(/C=C(F)\N=C\F)Cn1c(C(=O)/C(C)=C/C(C#N)=C\C(C)=C/C)c(CC)c(=O)[nH]c1=O.CC.CC. The number of halogens is 2. The minimum absolute atomic E-state index is 0.00121. The van der Waals surface area contributed by atoms with Crippen LogP contribution in [0.15, 0.2) is 73.7 Å². The number of nitrogens with zero attached hydrogens (tertiary/aromatic N) is 3. The lowest BCUT2D eigenvalue weighted by Gasteiger charge is -2.15. The lowest BCUT2D eigenvalue weighted by Crippen LogP contribution is -2.37. The van der Waals surface area contributed by atoms with Crippen LogP contribution in [0.5, 0.6) is 0 Å². The van der Waals surface area contributed by atoms with E-state index in [1.807, 2.05) is 33.8 Å². The van der Waals surface area contributed by atoms with Crippen LogP contribution in [0.1, 0.15) is 71.4 Å². The van der Waals surface area contributed by atoms with Crippen molar-refractivity contribution < 1.29 is 13.6 Å². The number of aromatic amines is 1. The fraction of sp³-hybridized carbons (Fsp3) is 0.370. The second-order valence-corrected chi connectivity index (χ2v) is 6.78. The Morgan fingerprint density at radius 3 is 2.22 bits per heavy atom. The molecule has 0 amide bonds. The highest BCUT2D eigenvalue weighted by Gasteiger charge is 2.22. The molecule has 0 aromatic carbocycles. The molecule has 0 aliphatic carbocycles. The van der Waals surface area contributed by atoms with Gasteiger partial charge in [-0.05, 0) is 56.6 Å². The van der Waals surface area contributed by atoms with Gasteiger partial charge in [-0.2, -0.15) is 19.0 Å². The molecule has 0 aliphatic heterocycles. The monoisotopic (exact) mass is 502 g/mol. The van der Waals surface area contributed by atoms with E-state index in [2.05, 4.69) is 16.6 Å². The Labute approximate surface area is 211 Å². The zero-order valence-electron chi connectivity index (χ0n) is 22.3. The van der Waals surface area contributed by atoms with Crippen LogP contribution in [-0.2, 0) is 13.0 Å². The number of rotatable bonds is 9. The number of carbonyl (C=O) groups excluding carboxylic acids is 1. The Bertz CT molecular complexity index is 1220. The molecule has 1 rings (SSSR count). The Morgan fingerprint density at radius 1 is 1.17 bits per heavy atom. The maximum absolute atomic E-state index is 13.5. The molecule has 0 radical (unpaired) electrons. The summed E-state index contributed by atoms with van der Waals surface area (Å²) in [5.41, 5.74) is -0.630. The molecule has 7 nitrogen and oxygen atoms in total. The molecule has 196 valence electrons. The van der Waals surface area contributed by atoms with Crippen molar-refractivity contribution in [3.63, 3.8) is 0 Å². The standard InChI is InChI=1S/C23H24F2N4O3.2C2H6/c1-6-14(3)8-17(11-26)10-16(5)21(30)20-18(7-2)22(31)28-23(32)29(20)12-15(4)9-19(25)27-13-24;2*1-2/h6,8-10,13H,4,7,12H2,1-3,5H3,(H,28,31,32);2*1-2H3/b14-6-,16-10+,17-8+,19-9-,27-13+;;. The van der Waals surface area contributed by atoms with Crippen LogP contribution in [0.3, 0.4) is 0 Å². The molecule has 0 aliphatic rings. The van der Waals surface area contributed by atoms with Gasteiger partial charge in [-0.15, -0.1) is 0 Å². The predicted molar refractivity (Wildman–Crippen MR) is 143 cm³/mol. The summed E-state index contributed by atoms with van der Waals surface area (Å²) in [7, 11) is 0. The van der Waals surface area contributed by atoms with E-state index in [1.54, 1.807) is 32.9 Å². The Kier molecular flexibility index (Phi) is 17.5. The van der Waals surface area contributed by atoms with E-state index in [0.717, 1.165) is 16.2 Å². The first-order chi connectivity index (χ1) is 17.1. The maximum Gasteiger partial charge on any atom is 0.329 e. The van der Waals surface area contributed by atoms with Crippen molar-refractivity contribution in [3.05, 3.63) is 91.2 Å². The third-order valence-corrected chi connectivity index (χ3v) is 4.42. The van der Waals surface area contributed by atoms with E-state index in [9.17, 15) is 28.4 Å². The van der Waals surface area contributed by atoms with Crippen LogP contribution >= 0.6 is 0 Å². The summed E-state index contributed by atoms with van der Waals surface area (Å²) in [4.78, 5) is 43.0. The zero-order valence-corrected chi connectivity index (χ0v) is 22.3. The fourth-order valence-corrected chi connectivity index (χ4v) is 2.77. The van der Waals surface area contributed by atoms with E-state index in [-0.39, 0.29) is 47.4 Å². The molecule has 1 aromatic heterocycles. The first-order valence-corrected chi connectivity index (χ1v) is 11.6. The van der Waals surface area contributed by atoms with Crippen LogP contribution in [0, 0.1) is 11.3 Å². The van der Waals surface area contributed by atoms with Gasteiger partial charge in [-0.1, -0.05) is 52.8 Å². The van der Waals surface area contributed by atoms with E-state index in [0.29, 0.717) is 0 Å². The van der Waals surface area contributed by atoms with Crippen molar-refractivity contribution in [1.82, 2.24) is 9.55 Å². The molecule has 0 spiro atoms. The Hall–Kier alpha value is -3.93. The normalized spacial score (nSPS) is 12.2. The molecule has 0 saturated carbocycles. The van der Waals surface area contributed by atoms with Crippen molar-refractivity contribution in [2.24, 2.45) is 4.99 Å². The number of nitriles is 1. The van der Waals surface area contributed by atoms with E-state index < -0.39 is 23.0 Å². The van der Waals surface area contributed by atoms with Crippen LogP contribution in [0.2, 0.25) is 0 Å². The smallest absolute Gasteiger partial charge is 0.287 e. The molecule has 0 bridgehead atoms. The summed E-state index contributed by atoms with van der Waals surface area (Å²) in [6.07, 6.45) is 5.66. The lowest BCUT2D eigenvalue weighted by atomic mass is 10.0. The van der Waals surface area contributed by atoms with Crippen molar-refractivity contribution in [1.29, 1.82) is 5.26 Å². The molecule has 0 unspecified atom stereocenters. The van der Waals surface area contributed by atoms with Gasteiger partial charge < -0.3 is 0 Å². The average molecular weight is 503 g/mol. The summed E-state index contributed by atoms with van der Waals surface area (Å²) in [6.45, 7) is 17.7. The fourth-order valence-electron chi connectivity index (χ4n) is 2.77. The molecule has 9 heteroatoms. The second-order valence-electron chi connectivity index (χ2n) is 6.78. The van der Waals surface area contributed by atoms with Gasteiger partial charge in [0.25, 0.3) is 5.56 Å². The molecular formula is C27H36F2N4O3. The van der Waals surface area contributed by atoms with Gasteiger partial charge in [0.15, 0.2) is 6.47 Å². The highest BCUT2D eigenvalue weighted by atomic mass is 19.1. The maximum atomic E-state index is 13.5. The number of ketones is 1. The van der Waals surface area contributed by atoms with E-state index >= 15 is 0 Å². The molecule has 1 N–H and O–H groups in total. The molecule has 0 atom stereocenters.